The molecule has 2 aromatic rings. The Morgan fingerprint density at radius 2 is 1.64 bits per heavy atom. The fourth-order valence-electron chi connectivity index (χ4n) is 2.01. The van der Waals surface area contributed by atoms with Crippen molar-refractivity contribution in [1.29, 1.82) is 0 Å². The Kier molecular flexibility index (Phi) is 5.83. The molecule has 0 spiro atoms. The van der Waals surface area contributed by atoms with E-state index < -0.39 is 0 Å². The average molecular weight is 299 g/mol. The zero-order valence-electron chi connectivity index (χ0n) is 13.0. The number of anilines is 1. The number of hydrogen-bond donors (Lipinski definition) is 1. The molecule has 0 bridgehead atoms. The fourth-order valence-corrected chi connectivity index (χ4v) is 2.01. The van der Waals surface area contributed by atoms with Gasteiger partial charge in [-0.3, -0.25) is 0 Å². The van der Waals surface area contributed by atoms with Crippen LogP contribution in [0.15, 0.2) is 48.5 Å². The highest BCUT2D eigenvalue weighted by Gasteiger charge is 2.05. The van der Waals surface area contributed by atoms with Crippen molar-refractivity contribution in [2.24, 2.45) is 0 Å². The lowest BCUT2D eigenvalue weighted by molar-refractivity contribution is 0.0526. The van der Waals surface area contributed by atoms with Gasteiger partial charge in [0, 0.05) is 12.2 Å². The first-order valence-electron chi connectivity index (χ1n) is 7.45. The lowest BCUT2D eigenvalue weighted by atomic mass is 10.2. The molecule has 0 unspecified atom stereocenters. The van der Waals surface area contributed by atoms with Gasteiger partial charge in [-0.1, -0.05) is 12.1 Å². The van der Waals surface area contributed by atoms with Gasteiger partial charge in [0.2, 0.25) is 0 Å². The maximum Gasteiger partial charge on any atom is 0.338 e. The first-order chi connectivity index (χ1) is 10.7. The quantitative estimate of drug-likeness (QED) is 0.788. The molecule has 0 saturated heterocycles. The minimum atomic E-state index is -0.291. The predicted molar refractivity (Wildman–Crippen MR) is 87.3 cm³/mol. The van der Waals surface area contributed by atoms with Crippen LogP contribution in [0.4, 0.5) is 5.69 Å². The number of ether oxygens (including phenoxy) is 2. The van der Waals surface area contributed by atoms with Gasteiger partial charge in [-0.15, -0.1) is 0 Å². The van der Waals surface area contributed by atoms with Crippen molar-refractivity contribution < 1.29 is 14.3 Å². The molecular weight excluding hydrogens is 278 g/mol. The van der Waals surface area contributed by atoms with Gasteiger partial charge < -0.3 is 14.8 Å². The maximum absolute atomic E-state index is 11.6. The highest BCUT2D eigenvalue weighted by Crippen LogP contribution is 2.15. The minimum Gasteiger partial charge on any atom is -0.494 e. The van der Waals surface area contributed by atoms with Gasteiger partial charge >= 0.3 is 5.97 Å². The highest BCUT2D eigenvalue weighted by atomic mass is 16.5. The zero-order chi connectivity index (χ0) is 15.8. The molecule has 0 atom stereocenters. The third kappa shape index (κ3) is 4.52. The van der Waals surface area contributed by atoms with Crippen LogP contribution in [0.25, 0.3) is 0 Å². The van der Waals surface area contributed by atoms with Crippen LogP contribution in [0, 0.1) is 0 Å². The van der Waals surface area contributed by atoms with E-state index >= 15 is 0 Å². The average Bonchev–Trinajstić information content (AvgIpc) is 2.55. The van der Waals surface area contributed by atoms with Crippen molar-refractivity contribution in [3.05, 3.63) is 59.7 Å². The lowest BCUT2D eigenvalue weighted by Crippen LogP contribution is -2.05. The first kappa shape index (κ1) is 15.9. The summed E-state index contributed by atoms with van der Waals surface area (Å²) in [7, 11) is 0. The molecule has 1 N–H and O–H groups in total. The van der Waals surface area contributed by atoms with Crippen molar-refractivity contribution in [3.63, 3.8) is 0 Å². The Bertz CT molecular complexity index is 591. The van der Waals surface area contributed by atoms with Gasteiger partial charge in [0.15, 0.2) is 0 Å². The van der Waals surface area contributed by atoms with E-state index in [9.17, 15) is 4.79 Å². The molecule has 4 heteroatoms. The molecule has 0 amide bonds. The molecule has 22 heavy (non-hydrogen) atoms. The summed E-state index contributed by atoms with van der Waals surface area (Å²) in [6, 6.07) is 15.3. The van der Waals surface area contributed by atoms with Crippen LogP contribution < -0.4 is 10.1 Å². The standard InChI is InChI=1S/C18H21NO3/c1-3-21-17-11-5-14(6-12-17)13-19-16-9-7-15(8-10-16)18(20)22-4-2/h5-12,19H,3-4,13H2,1-2H3. The van der Waals surface area contributed by atoms with Gasteiger partial charge in [-0.2, -0.15) is 0 Å². The van der Waals surface area contributed by atoms with E-state index in [1.807, 2.05) is 43.3 Å². The van der Waals surface area contributed by atoms with Crippen molar-refractivity contribution >= 4 is 11.7 Å². The Hall–Kier alpha value is -2.49. The molecule has 0 aliphatic carbocycles. The molecule has 0 saturated carbocycles. The van der Waals surface area contributed by atoms with Gasteiger partial charge in [0.1, 0.15) is 5.75 Å². The minimum absolute atomic E-state index is 0.291. The summed E-state index contributed by atoms with van der Waals surface area (Å²) < 4.78 is 10.4. The lowest BCUT2D eigenvalue weighted by Gasteiger charge is -2.08. The summed E-state index contributed by atoms with van der Waals surface area (Å²) in [5, 5.41) is 3.32. The molecule has 0 heterocycles. The molecule has 2 aromatic carbocycles. The number of nitrogens with one attached hydrogen (secondary N) is 1. The Balaban J connectivity index is 1.89. The Morgan fingerprint density at radius 3 is 2.23 bits per heavy atom. The topological polar surface area (TPSA) is 47.6 Å². The number of hydrogen-bond acceptors (Lipinski definition) is 4. The third-order valence-electron chi connectivity index (χ3n) is 3.13. The smallest absolute Gasteiger partial charge is 0.338 e. The normalized spacial score (nSPS) is 10.1. The van der Waals surface area contributed by atoms with E-state index in [0.717, 1.165) is 17.0 Å². The van der Waals surface area contributed by atoms with Gasteiger partial charge in [-0.25, -0.2) is 4.79 Å². The van der Waals surface area contributed by atoms with Crippen LogP contribution in [0.3, 0.4) is 0 Å². The van der Waals surface area contributed by atoms with Gasteiger partial charge in [-0.05, 0) is 55.8 Å². The number of benzene rings is 2. The van der Waals surface area contributed by atoms with Crippen molar-refractivity contribution in [2.45, 2.75) is 20.4 Å². The molecule has 2 rings (SSSR count). The molecule has 0 aromatic heterocycles. The van der Waals surface area contributed by atoms with E-state index in [1.54, 1.807) is 19.1 Å². The molecular formula is C18H21NO3. The molecule has 4 nitrogen and oxygen atoms in total. The number of carbonyl (C=O) groups is 1. The van der Waals surface area contributed by atoms with Crippen molar-refractivity contribution in [1.82, 2.24) is 0 Å². The third-order valence-corrected chi connectivity index (χ3v) is 3.13. The Morgan fingerprint density at radius 1 is 0.955 bits per heavy atom. The molecule has 0 aliphatic rings. The fraction of sp³-hybridized carbons (Fsp3) is 0.278. The summed E-state index contributed by atoms with van der Waals surface area (Å²) in [5.41, 5.74) is 2.69. The number of carbonyl (C=O) groups excluding carboxylic acids is 1. The van der Waals surface area contributed by atoms with Gasteiger partial charge in [0.25, 0.3) is 0 Å². The van der Waals surface area contributed by atoms with E-state index in [1.165, 1.54) is 0 Å². The maximum atomic E-state index is 11.6. The summed E-state index contributed by atoms with van der Waals surface area (Å²) >= 11 is 0. The van der Waals surface area contributed by atoms with E-state index in [4.69, 9.17) is 9.47 Å². The van der Waals surface area contributed by atoms with Gasteiger partial charge in [0.05, 0.1) is 18.8 Å². The molecule has 0 radical (unpaired) electrons. The molecule has 0 aliphatic heterocycles. The predicted octanol–water partition coefficient (Wildman–Crippen LogP) is 3.87. The summed E-state index contributed by atoms with van der Waals surface area (Å²) in [6.07, 6.45) is 0. The largest absolute Gasteiger partial charge is 0.494 e. The van der Waals surface area contributed by atoms with E-state index in [0.29, 0.717) is 25.3 Å². The van der Waals surface area contributed by atoms with Crippen molar-refractivity contribution in [3.8, 4) is 5.75 Å². The summed E-state index contributed by atoms with van der Waals surface area (Å²) in [5.74, 6) is 0.589. The zero-order valence-corrected chi connectivity index (χ0v) is 13.0. The SMILES string of the molecule is CCOC(=O)c1ccc(NCc2ccc(OCC)cc2)cc1. The summed E-state index contributed by atoms with van der Waals surface area (Å²) in [4.78, 5) is 11.6. The molecule has 0 fully saturated rings. The molecule has 116 valence electrons. The monoisotopic (exact) mass is 299 g/mol. The second kappa shape index (κ2) is 8.08. The number of esters is 1. The summed E-state index contributed by atoms with van der Waals surface area (Å²) in [6.45, 7) is 5.53. The van der Waals surface area contributed by atoms with Crippen LogP contribution in [0.2, 0.25) is 0 Å². The first-order valence-corrected chi connectivity index (χ1v) is 7.45. The second-order valence-electron chi connectivity index (χ2n) is 4.73. The highest BCUT2D eigenvalue weighted by molar-refractivity contribution is 5.89. The second-order valence-corrected chi connectivity index (χ2v) is 4.73. The van der Waals surface area contributed by atoms with E-state index in [2.05, 4.69) is 5.32 Å². The van der Waals surface area contributed by atoms with E-state index in [-0.39, 0.29) is 5.97 Å². The Labute approximate surface area is 131 Å². The van der Waals surface area contributed by atoms with Crippen molar-refractivity contribution in [2.75, 3.05) is 18.5 Å². The van der Waals surface area contributed by atoms with Crippen LogP contribution in [0.5, 0.6) is 5.75 Å². The number of rotatable bonds is 7. The van der Waals surface area contributed by atoms with Crippen LogP contribution in [0.1, 0.15) is 29.8 Å². The van der Waals surface area contributed by atoms with Crippen LogP contribution >= 0.6 is 0 Å². The van der Waals surface area contributed by atoms with Crippen LogP contribution in [-0.2, 0) is 11.3 Å². The van der Waals surface area contributed by atoms with Crippen LogP contribution in [-0.4, -0.2) is 19.2 Å².